The highest BCUT2D eigenvalue weighted by molar-refractivity contribution is 9.10. The maximum absolute atomic E-state index is 12.2. The summed E-state index contributed by atoms with van der Waals surface area (Å²) < 4.78 is 23.5. The highest BCUT2D eigenvalue weighted by atomic mass is 79.9. The van der Waals surface area contributed by atoms with Gasteiger partial charge in [-0.05, 0) is 51.8 Å². The second-order valence-corrected chi connectivity index (χ2v) is 8.68. The quantitative estimate of drug-likeness (QED) is 0.289. The summed E-state index contributed by atoms with van der Waals surface area (Å²) in [7, 11) is 4.84. The number of likely N-dealkylation sites (N-methyl/N-ethyl adjacent to an activating group) is 1. The van der Waals surface area contributed by atoms with E-state index in [4.69, 9.17) is 31.2 Å². The fraction of sp³-hybridized carbons (Fsp3) is 0.238. The third-order valence-corrected chi connectivity index (χ3v) is 6.25. The number of ether oxygens (including phenoxy) is 4. The molecule has 0 bridgehead atoms. The third-order valence-electron chi connectivity index (χ3n) is 4.18. The predicted molar refractivity (Wildman–Crippen MR) is 126 cm³/mol. The first-order chi connectivity index (χ1) is 14.4. The zero-order chi connectivity index (χ0) is 21.7. The molecular formula is C21H20BrNO5S2. The van der Waals surface area contributed by atoms with Gasteiger partial charge in [-0.2, -0.15) is 0 Å². The van der Waals surface area contributed by atoms with Gasteiger partial charge in [-0.3, -0.25) is 9.69 Å². The molecule has 0 saturated carbocycles. The summed E-state index contributed by atoms with van der Waals surface area (Å²) in [5, 5.41) is 0. The van der Waals surface area contributed by atoms with Crippen LogP contribution >= 0.6 is 39.9 Å². The Morgan fingerprint density at radius 3 is 2.50 bits per heavy atom. The molecule has 1 aliphatic rings. The van der Waals surface area contributed by atoms with Crippen LogP contribution in [0.25, 0.3) is 6.08 Å². The van der Waals surface area contributed by atoms with Gasteiger partial charge >= 0.3 is 0 Å². The number of nitrogens with zero attached hydrogens (tertiary/aromatic N) is 1. The molecule has 0 N–H and O–H groups in total. The van der Waals surface area contributed by atoms with Crippen molar-refractivity contribution in [1.29, 1.82) is 0 Å². The molecule has 6 nitrogen and oxygen atoms in total. The number of carbonyl (C=O) groups is 1. The minimum absolute atomic E-state index is 0.116. The van der Waals surface area contributed by atoms with Crippen LogP contribution in [0.3, 0.4) is 0 Å². The lowest BCUT2D eigenvalue weighted by atomic mass is 10.2. The molecule has 0 aliphatic carbocycles. The van der Waals surface area contributed by atoms with Crippen molar-refractivity contribution in [3.63, 3.8) is 0 Å². The Hall–Kier alpha value is -2.23. The van der Waals surface area contributed by atoms with Gasteiger partial charge in [-0.15, -0.1) is 0 Å². The van der Waals surface area contributed by atoms with Gasteiger partial charge in [-0.1, -0.05) is 30.0 Å². The molecule has 3 rings (SSSR count). The van der Waals surface area contributed by atoms with E-state index < -0.39 is 0 Å². The van der Waals surface area contributed by atoms with Crippen LogP contribution in [-0.4, -0.2) is 49.6 Å². The third kappa shape index (κ3) is 5.27. The van der Waals surface area contributed by atoms with E-state index >= 15 is 0 Å². The minimum atomic E-state index is -0.116. The molecule has 1 aliphatic heterocycles. The van der Waals surface area contributed by atoms with Crippen molar-refractivity contribution >= 4 is 56.2 Å². The molecule has 1 amide bonds. The van der Waals surface area contributed by atoms with Crippen LogP contribution in [0, 0.1) is 0 Å². The number of hydrogen-bond acceptors (Lipinski definition) is 7. The van der Waals surface area contributed by atoms with Gasteiger partial charge in [0, 0.05) is 13.1 Å². The molecule has 2 aromatic rings. The largest absolute Gasteiger partial charge is 0.497 e. The Bertz CT molecular complexity index is 995. The number of halogens is 1. The van der Waals surface area contributed by atoms with Gasteiger partial charge in [0.15, 0.2) is 11.5 Å². The second kappa shape index (κ2) is 10.2. The van der Waals surface area contributed by atoms with Crippen molar-refractivity contribution in [2.75, 3.05) is 34.5 Å². The fourth-order valence-corrected chi connectivity index (χ4v) is 4.41. The average molecular weight is 510 g/mol. The van der Waals surface area contributed by atoms with Gasteiger partial charge in [0.25, 0.3) is 5.91 Å². The number of hydrogen-bond donors (Lipinski definition) is 0. The number of thiocarbonyl (C=S) groups is 1. The van der Waals surface area contributed by atoms with Crippen LogP contribution in [0.15, 0.2) is 45.8 Å². The Labute approximate surface area is 193 Å². The summed E-state index contributed by atoms with van der Waals surface area (Å²) in [6.45, 7) is 0.670. The summed E-state index contributed by atoms with van der Waals surface area (Å²) in [4.78, 5) is 14.2. The summed E-state index contributed by atoms with van der Waals surface area (Å²) in [6, 6.07) is 11.1. The smallest absolute Gasteiger partial charge is 0.265 e. The second-order valence-electron chi connectivity index (χ2n) is 6.15. The van der Waals surface area contributed by atoms with Crippen molar-refractivity contribution in [3.05, 3.63) is 51.3 Å². The number of thioether (sulfide) groups is 1. The number of benzene rings is 2. The topological polar surface area (TPSA) is 57.2 Å². The van der Waals surface area contributed by atoms with Gasteiger partial charge in [0.05, 0.1) is 23.6 Å². The molecule has 0 aromatic heterocycles. The molecule has 2 aromatic carbocycles. The van der Waals surface area contributed by atoms with Crippen LogP contribution in [0.4, 0.5) is 0 Å². The number of rotatable bonds is 8. The lowest BCUT2D eigenvalue weighted by Crippen LogP contribution is -2.22. The normalized spacial score (nSPS) is 14.9. The highest BCUT2D eigenvalue weighted by Gasteiger charge is 2.28. The van der Waals surface area contributed by atoms with E-state index in [-0.39, 0.29) is 5.91 Å². The van der Waals surface area contributed by atoms with Crippen molar-refractivity contribution in [2.45, 2.75) is 0 Å². The van der Waals surface area contributed by atoms with Crippen molar-refractivity contribution in [1.82, 2.24) is 4.90 Å². The molecule has 0 spiro atoms. The lowest BCUT2D eigenvalue weighted by Gasteiger charge is -2.14. The first-order valence-corrected chi connectivity index (χ1v) is 10.9. The van der Waals surface area contributed by atoms with Crippen molar-refractivity contribution in [2.24, 2.45) is 0 Å². The first-order valence-electron chi connectivity index (χ1n) is 8.91. The fourth-order valence-electron chi connectivity index (χ4n) is 2.65. The summed E-state index contributed by atoms with van der Waals surface area (Å²) >= 11 is 9.97. The van der Waals surface area contributed by atoms with Crippen molar-refractivity contribution in [3.8, 4) is 23.0 Å². The van der Waals surface area contributed by atoms with Crippen LogP contribution in [0.5, 0.6) is 23.0 Å². The average Bonchev–Trinajstić information content (AvgIpc) is 2.98. The zero-order valence-corrected chi connectivity index (χ0v) is 19.9. The predicted octanol–water partition coefficient (Wildman–Crippen LogP) is 4.76. The molecular weight excluding hydrogens is 490 g/mol. The maximum Gasteiger partial charge on any atom is 0.265 e. The number of carbonyl (C=O) groups excluding carboxylic acids is 1. The Morgan fingerprint density at radius 1 is 1.10 bits per heavy atom. The first kappa shape index (κ1) is 22.5. The van der Waals surface area contributed by atoms with E-state index in [0.29, 0.717) is 44.2 Å². The van der Waals surface area contributed by atoms with Crippen molar-refractivity contribution < 1.29 is 23.7 Å². The number of amides is 1. The molecule has 1 fully saturated rings. The molecule has 1 saturated heterocycles. The Morgan fingerprint density at radius 2 is 1.83 bits per heavy atom. The van der Waals surface area contributed by atoms with Crippen LogP contribution < -0.4 is 18.9 Å². The van der Waals surface area contributed by atoms with E-state index in [0.717, 1.165) is 11.3 Å². The van der Waals surface area contributed by atoms with Gasteiger partial charge in [-0.25, -0.2) is 0 Å². The number of methoxy groups -OCH3 is 2. The van der Waals surface area contributed by atoms with Gasteiger partial charge in [0.1, 0.15) is 29.0 Å². The monoisotopic (exact) mass is 509 g/mol. The van der Waals surface area contributed by atoms with E-state index in [9.17, 15) is 4.79 Å². The van der Waals surface area contributed by atoms with E-state index in [2.05, 4.69) is 15.9 Å². The van der Waals surface area contributed by atoms with Crippen LogP contribution in [-0.2, 0) is 4.79 Å². The highest BCUT2D eigenvalue weighted by Crippen LogP contribution is 2.39. The molecule has 1 heterocycles. The van der Waals surface area contributed by atoms with E-state index in [1.54, 1.807) is 27.3 Å². The molecule has 30 heavy (non-hydrogen) atoms. The Kier molecular flexibility index (Phi) is 7.63. The van der Waals surface area contributed by atoms with Gasteiger partial charge in [0.2, 0.25) is 0 Å². The standard InChI is InChI=1S/C21H20BrNO5S2/c1-23-20(24)18(30-21(23)29)11-13-9-16(22)19(17(10-13)26-3)28-8-7-27-15-6-4-5-14(12-15)25-2/h4-6,9-12H,7-8H2,1-3H3. The van der Waals surface area contributed by atoms with E-state index in [1.165, 1.54) is 16.7 Å². The van der Waals surface area contributed by atoms with Crippen LogP contribution in [0.2, 0.25) is 0 Å². The molecule has 9 heteroatoms. The summed E-state index contributed by atoms with van der Waals surface area (Å²) in [5.41, 5.74) is 0.799. The SMILES string of the molecule is COc1cccc(OCCOc2c(Br)cc(C=C3SC(=S)N(C)C3=O)cc2OC)c1. The zero-order valence-electron chi connectivity index (χ0n) is 16.6. The Balaban J connectivity index is 1.67. The maximum atomic E-state index is 12.2. The molecule has 158 valence electrons. The summed E-state index contributed by atoms with van der Waals surface area (Å²) in [5.74, 6) is 2.42. The minimum Gasteiger partial charge on any atom is -0.497 e. The molecule has 0 unspecified atom stereocenters. The molecule has 0 radical (unpaired) electrons. The van der Waals surface area contributed by atoms with Crippen LogP contribution in [0.1, 0.15) is 5.56 Å². The van der Waals surface area contributed by atoms with E-state index in [1.807, 2.05) is 36.4 Å². The summed E-state index contributed by atoms with van der Waals surface area (Å²) in [6.07, 6.45) is 1.78. The molecule has 0 atom stereocenters. The van der Waals surface area contributed by atoms with Gasteiger partial charge < -0.3 is 18.9 Å². The lowest BCUT2D eigenvalue weighted by molar-refractivity contribution is -0.121.